The summed E-state index contributed by atoms with van der Waals surface area (Å²) in [5.41, 5.74) is 8.74. The van der Waals surface area contributed by atoms with Gasteiger partial charge in [-0.05, 0) is 36.2 Å². The summed E-state index contributed by atoms with van der Waals surface area (Å²) in [5.74, 6) is 0.713. The van der Waals surface area contributed by atoms with Crippen molar-refractivity contribution in [2.24, 2.45) is 5.73 Å². The lowest BCUT2D eigenvalue weighted by molar-refractivity contribution is -0.115. The van der Waals surface area contributed by atoms with E-state index in [1.54, 1.807) is 4.68 Å². The molecule has 0 spiro atoms. The summed E-state index contributed by atoms with van der Waals surface area (Å²) < 4.78 is 2.62. The second kappa shape index (κ2) is 8.22. The molecule has 0 bridgehead atoms. The third-order valence-electron chi connectivity index (χ3n) is 4.58. The summed E-state index contributed by atoms with van der Waals surface area (Å²) in [6, 6.07) is 15.0. The highest BCUT2D eigenvalue weighted by atomic mass is 79.9. The maximum absolute atomic E-state index is 12.2. The average Bonchev–Trinajstić information content (AvgIpc) is 3.08. The second-order valence-corrected chi connectivity index (χ2v) is 8.79. The molecular formula is C20H17BrClN5OS. The van der Waals surface area contributed by atoms with Crippen molar-refractivity contribution in [2.75, 3.05) is 5.32 Å². The molecule has 1 aliphatic heterocycles. The van der Waals surface area contributed by atoms with Crippen LogP contribution >= 0.6 is 39.3 Å². The third kappa shape index (κ3) is 4.05. The molecule has 148 valence electrons. The van der Waals surface area contributed by atoms with Gasteiger partial charge in [0.1, 0.15) is 6.04 Å². The lowest BCUT2D eigenvalue weighted by atomic mass is 9.95. The van der Waals surface area contributed by atoms with Gasteiger partial charge < -0.3 is 11.1 Å². The molecule has 2 heterocycles. The first kappa shape index (κ1) is 20.0. The summed E-state index contributed by atoms with van der Waals surface area (Å²) in [5, 5.41) is 9.11. The quantitative estimate of drug-likeness (QED) is 0.504. The number of hydrogen-bond acceptors (Lipinski definition) is 5. The molecular weight excluding hydrogens is 474 g/mol. The lowest BCUT2D eigenvalue weighted by Crippen LogP contribution is -2.31. The molecule has 0 saturated carbocycles. The van der Waals surface area contributed by atoms with E-state index in [0.29, 0.717) is 33.2 Å². The van der Waals surface area contributed by atoms with Gasteiger partial charge in [0.2, 0.25) is 17.0 Å². The van der Waals surface area contributed by atoms with Crippen molar-refractivity contribution in [2.45, 2.75) is 23.9 Å². The van der Waals surface area contributed by atoms with Crippen molar-refractivity contribution < 1.29 is 4.79 Å². The van der Waals surface area contributed by atoms with Crippen molar-refractivity contribution in [1.29, 1.82) is 0 Å². The number of allylic oxidation sites excluding steroid dienone is 1. The number of fused-ring (bicyclic) bond motifs is 1. The standard InChI is InChI=1S/C20H17BrClN5OS/c1-11-16(18(23)28)17(12-6-4-7-14(21)9-12)27-19(24-11)25-20(26-27)29-10-13-5-2-3-8-15(13)22/h2-9,17H,10H2,1H3,(H2,23,28)(H,24,25,26)/t17-/m1/s1. The average molecular weight is 491 g/mol. The largest absolute Gasteiger partial charge is 0.366 e. The van der Waals surface area contributed by atoms with Crippen LogP contribution in [0, 0.1) is 0 Å². The van der Waals surface area contributed by atoms with Crippen LogP contribution in [0.25, 0.3) is 0 Å². The fourth-order valence-electron chi connectivity index (χ4n) is 3.25. The van der Waals surface area contributed by atoms with Gasteiger partial charge in [-0.15, -0.1) is 5.10 Å². The van der Waals surface area contributed by atoms with Crippen LogP contribution in [-0.2, 0) is 10.5 Å². The maximum atomic E-state index is 12.2. The van der Waals surface area contributed by atoms with Gasteiger partial charge in [-0.2, -0.15) is 4.98 Å². The number of thioether (sulfide) groups is 1. The Hall–Kier alpha value is -2.29. The molecule has 0 fully saturated rings. The highest BCUT2D eigenvalue weighted by Crippen LogP contribution is 2.37. The van der Waals surface area contributed by atoms with E-state index in [0.717, 1.165) is 15.6 Å². The van der Waals surface area contributed by atoms with E-state index in [9.17, 15) is 4.79 Å². The first-order valence-electron chi connectivity index (χ1n) is 8.80. The van der Waals surface area contributed by atoms with Crippen LogP contribution in [0.4, 0.5) is 5.95 Å². The number of aromatic nitrogens is 3. The van der Waals surface area contributed by atoms with Crippen molar-refractivity contribution >= 4 is 51.1 Å². The predicted molar refractivity (Wildman–Crippen MR) is 119 cm³/mol. The van der Waals surface area contributed by atoms with E-state index >= 15 is 0 Å². The van der Waals surface area contributed by atoms with Crippen molar-refractivity contribution in [1.82, 2.24) is 14.8 Å². The Bertz CT molecular complexity index is 1130. The van der Waals surface area contributed by atoms with E-state index in [2.05, 4.69) is 31.3 Å². The number of carbonyl (C=O) groups is 1. The molecule has 0 aliphatic carbocycles. The zero-order valence-corrected chi connectivity index (χ0v) is 18.6. The zero-order valence-electron chi connectivity index (χ0n) is 15.4. The molecule has 1 aromatic heterocycles. The monoisotopic (exact) mass is 489 g/mol. The van der Waals surface area contributed by atoms with Gasteiger partial charge in [0.05, 0.1) is 5.57 Å². The first-order valence-corrected chi connectivity index (χ1v) is 11.0. The topological polar surface area (TPSA) is 85.8 Å². The highest BCUT2D eigenvalue weighted by Gasteiger charge is 2.33. The number of nitrogens with two attached hydrogens (primary N) is 1. The van der Waals surface area contributed by atoms with Crippen LogP contribution in [-0.4, -0.2) is 20.7 Å². The smallest absolute Gasteiger partial charge is 0.248 e. The van der Waals surface area contributed by atoms with Crippen LogP contribution in [0.5, 0.6) is 0 Å². The number of amides is 1. The van der Waals surface area contributed by atoms with Crippen LogP contribution < -0.4 is 11.1 Å². The Kier molecular flexibility index (Phi) is 5.67. The highest BCUT2D eigenvalue weighted by molar-refractivity contribution is 9.10. The first-order chi connectivity index (χ1) is 13.9. The van der Waals surface area contributed by atoms with Crippen LogP contribution in [0.3, 0.4) is 0 Å². The summed E-state index contributed by atoms with van der Waals surface area (Å²) >= 11 is 11.2. The molecule has 9 heteroatoms. The van der Waals surface area contributed by atoms with Gasteiger partial charge in [0.15, 0.2) is 0 Å². The van der Waals surface area contributed by atoms with Gasteiger partial charge in [-0.1, -0.05) is 69.6 Å². The van der Waals surface area contributed by atoms with Gasteiger partial charge >= 0.3 is 0 Å². The lowest BCUT2D eigenvalue weighted by Gasteiger charge is -2.27. The van der Waals surface area contributed by atoms with Gasteiger partial charge in [-0.25, -0.2) is 4.68 Å². The van der Waals surface area contributed by atoms with Crippen LogP contribution in [0.15, 0.2) is 69.4 Å². The summed E-state index contributed by atoms with van der Waals surface area (Å²) in [7, 11) is 0. The minimum atomic E-state index is -0.494. The molecule has 4 rings (SSSR count). The number of hydrogen-bond donors (Lipinski definition) is 2. The Labute approximate surface area is 185 Å². The van der Waals surface area contributed by atoms with Crippen molar-refractivity contribution in [3.63, 3.8) is 0 Å². The molecule has 0 saturated heterocycles. The number of halogens is 2. The number of primary amides is 1. The van der Waals surface area contributed by atoms with E-state index in [-0.39, 0.29) is 0 Å². The number of nitrogens with one attached hydrogen (secondary N) is 1. The van der Waals surface area contributed by atoms with Gasteiger partial charge in [0, 0.05) is 20.9 Å². The molecule has 29 heavy (non-hydrogen) atoms. The maximum Gasteiger partial charge on any atom is 0.248 e. The number of anilines is 1. The number of carbonyl (C=O) groups excluding carboxylic acids is 1. The molecule has 0 radical (unpaired) electrons. The molecule has 0 unspecified atom stereocenters. The minimum Gasteiger partial charge on any atom is -0.366 e. The van der Waals surface area contributed by atoms with Crippen LogP contribution in [0.2, 0.25) is 5.02 Å². The number of nitrogens with zero attached hydrogens (tertiary/aromatic N) is 3. The van der Waals surface area contributed by atoms with E-state index in [1.807, 2.05) is 55.5 Å². The number of benzene rings is 2. The Morgan fingerprint density at radius 1 is 1.31 bits per heavy atom. The van der Waals surface area contributed by atoms with Crippen LogP contribution in [0.1, 0.15) is 24.1 Å². The van der Waals surface area contributed by atoms with E-state index < -0.39 is 11.9 Å². The van der Waals surface area contributed by atoms with Crippen molar-refractivity contribution in [3.8, 4) is 0 Å². The van der Waals surface area contributed by atoms with E-state index in [4.69, 9.17) is 17.3 Å². The molecule has 2 aromatic carbocycles. The Morgan fingerprint density at radius 3 is 2.83 bits per heavy atom. The zero-order chi connectivity index (χ0) is 20.5. The summed E-state index contributed by atoms with van der Waals surface area (Å²) in [4.78, 5) is 16.8. The molecule has 3 N–H and O–H groups in total. The SMILES string of the molecule is CC1=C(C(N)=O)[C@@H](c2cccc(Br)c2)n2nc(SCc3ccccc3Cl)nc2N1. The third-order valence-corrected chi connectivity index (χ3v) is 6.33. The summed E-state index contributed by atoms with van der Waals surface area (Å²) in [6.07, 6.45) is 0. The van der Waals surface area contributed by atoms with Crippen molar-refractivity contribution in [3.05, 3.63) is 80.4 Å². The fraction of sp³-hybridized carbons (Fsp3) is 0.150. The molecule has 1 aliphatic rings. The normalized spacial score (nSPS) is 15.8. The molecule has 3 aromatic rings. The van der Waals surface area contributed by atoms with E-state index in [1.165, 1.54) is 11.8 Å². The molecule has 1 atom stereocenters. The predicted octanol–water partition coefficient (Wildman–Crippen LogP) is 4.76. The fourth-order valence-corrected chi connectivity index (χ4v) is 4.79. The summed E-state index contributed by atoms with van der Waals surface area (Å²) in [6.45, 7) is 1.82. The van der Waals surface area contributed by atoms with Gasteiger partial charge in [-0.3, -0.25) is 4.79 Å². The molecule has 6 nitrogen and oxygen atoms in total. The molecule has 1 amide bonds. The Balaban J connectivity index is 1.70. The van der Waals surface area contributed by atoms with Gasteiger partial charge in [0.25, 0.3) is 0 Å². The Morgan fingerprint density at radius 2 is 2.10 bits per heavy atom. The second-order valence-electron chi connectivity index (χ2n) is 6.53. The number of rotatable bonds is 5. The minimum absolute atomic E-state index is 0.455.